The Morgan fingerprint density at radius 2 is 1.62 bits per heavy atom. The minimum atomic E-state index is -0.519. The van der Waals surface area contributed by atoms with E-state index in [1.807, 2.05) is 6.08 Å². The number of allylic oxidation sites excluding steroid dienone is 1. The van der Waals surface area contributed by atoms with Crippen molar-refractivity contribution in [1.29, 1.82) is 0 Å². The van der Waals surface area contributed by atoms with Gasteiger partial charge in [0.2, 0.25) is 0 Å². The molecule has 0 radical (unpaired) electrons. The van der Waals surface area contributed by atoms with Crippen molar-refractivity contribution in [3.8, 4) is 0 Å². The van der Waals surface area contributed by atoms with Gasteiger partial charge in [-0.3, -0.25) is 9.59 Å². The Hall–Kier alpha value is -1.12. The first-order valence-electron chi connectivity index (χ1n) is 5.99. The molecule has 16 heavy (non-hydrogen) atoms. The fraction of sp³-hybridized carbons (Fsp3) is 0.692. The zero-order valence-corrected chi connectivity index (χ0v) is 10.2. The van der Waals surface area contributed by atoms with Gasteiger partial charge in [0.15, 0.2) is 0 Å². The van der Waals surface area contributed by atoms with E-state index in [2.05, 4.69) is 11.3 Å². The van der Waals surface area contributed by atoms with Gasteiger partial charge in [-0.2, -0.15) is 0 Å². The lowest BCUT2D eigenvalue weighted by atomic mass is 10.1. The van der Waals surface area contributed by atoms with Crippen molar-refractivity contribution >= 4 is 11.9 Å². The predicted molar refractivity (Wildman–Crippen MR) is 63.9 cm³/mol. The SMILES string of the molecule is C=CCCCCCCCCC(=O)OC(C)=O. The highest BCUT2D eigenvalue weighted by Gasteiger charge is 2.04. The predicted octanol–water partition coefficient (Wildman–Crippen LogP) is 3.38. The molecular weight excluding hydrogens is 204 g/mol. The topological polar surface area (TPSA) is 43.4 Å². The Morgan fingerprint density at radius 1 is 1.06 bits per heavy atom. The van der Waals surface area contributed by atoms with Crippen LogP contribution in [0.2, 0.25) is 0 Å². The molecule has 3 heteroatoms. The average Bonchev–Trinajstić information content (AvgIpc) is 2.21. The molecule has 0 saturated heterocycles. The summed E-state index contributed by atoms with van der Waals surface area (Å²) in [5.41, 5.74) is 0. The van der Waals surface area contributed by atoms with E-state index in [0.717, 1.165) is 25.7 Å². The zero-order valence-electron chi connectivity index (χ0n) is 10.2. The fourth-order valence-electron chi connectivity index (χ4n) is 1.48. The summed E-state index contributed by atoms with van der Waals surface area (Å²) in [4.78, 5) is 21.4. The van der Waals surface area contributed by atoms with Crippen molar-refractivity contribution in [3.05, 3.63) is 12.7 Å². The van der Waals surface area contributed by atoms with Crippen LogP contribution in [0.15, 0.2) is 12.7 Å². The van der Waals surface area contributed by atoms with E-state index < -0.39 is 11.9 Å². The summed E-state index contributed by atoms with van der Waals surface area (Å²) < 4.78 is 4.42. The van der Waals surface area contributed by atoms with E-state index >= 15 is 0 Å². The van der Waals surface area contributed by atoms with Crippen LogP contribution in [0, 0.1) is 0 Å². The number of hydrogen-bond acceptors (Lipinski definition) is 3. The molecule has 0 rings (SSSR count). The summed E-state index contributed by atoms with van der Waals surface area (Å²) in [6, 6.07) is 0. The van der Waals surface area contributed by atoms with Gasteiger partial charge in [0.05, 0.1) is 0 Å². The largest absolute Gasteiger partial charge is 0.393 e. The van der Waals surface area contributed by atoms with Crippen molar-refractivity contribution in [2.45, 2.75) is 58.3 Å². The first-order chi connectivity index (χ1) is 7.66. The van der Waals surface area contributed by atoms with Crippen molar-refractivity contribution in [3.63, 3.8) is 0 Å². The average molecular weight is 226 g/mol. The van der Waals surface area contributed by atoms with Crippen molar-refractivity contribution < 1.29 is 14.3 Å². The lowest BCUT2D eigenvalue weighted by Gasteiger charge is -2.01. The Labute approximate surface area is 97.9 Å². The number of carbonyl (C=O) groups excluding carboxylic acids is 2. The lowest BCUT2D eigenvalue weighted by Crippen LogP contribution is -2.08. The third kappa shape index (κ3) is 11.0. The number of unbranched alkanes of at least 4 members (excludes halogenated alkanes) is 6. The second-order valence-electron chi connectivity index (χ2n) is 3.91. The lowest BCUT2D eigenvalue weighted by molar-refractivity contribution is -0.158. The molecule has 3 nitrogen and oxygen atoms in total. The molecule has 0 heterocycles. The van der Waals surface area contributed by atoms with Crippen LogP contribution < -0.4 is 0 Å². The van der Waals surface area contributed by atoms with Crippen LogP contribution in [-0.2, 0) is 14.3 Å². The van der Waals surface area contributed by atoms with Crippen LogP contribution in [0.5, 0.6) is 0 Å². The van der Waals surface area contributed by atoms with Crippen LogP contribution in [-0.4, -0.2) is 11.9 Å². The second-order valence-corrected chi connectivity index (χ2v) is 3.91. The molecule has 0 saturated carbocycles. The number of hydrogen-bond donors (Lipinski definition) is 0. The van der Waals surface area contributed by atoms with Crippen molar-refractivity contribution in [2.24, 2.45) is 0 Å². The van der Waals surface area contributed by atoms with Gasteiger partial charge >= 0.3 is 11.9 Å². The molecule has 0 aromatic carbocycles. The fourth-order valence-corrected chi connectivity index (χ4v) is 1.48. The smallest absolute Gasteiger partial charge is 0.313 e. The normalized spacial score (nSPS) is 9.81. The molecule has 0 bridgehead atoms. The van der Waals surface area contributed by atoms with E-state index in [1.54, 1.807) is 0 Å². The second kappa shape index (κ2) is 10.4. The summed E-state index contributed by atoms with van der Waals surface area (Å²) >= 11 is 0. The van der Waals surface area contributed by atoms with Gasteiger partial charge in [-0.15, -0.1) is 6.58 Å². The van der Waals surface area contributed by atoms with Crippen LogP contribution in [0.1, 0.15) is 58.3 Å². The number of rotatable bonds is 9. The van der Waals surface area contributed by atoms with Gasteiger partial charge in [0, 0.05) is 13.3 Å². The molecule has 0 aromatic heterocycles. The molecule has 0 fully saturated rings. The Kier molecular flexibility index (Phi) is 9.67. The summed E-state index contributed by atoms with van der Waals surface area (Å²) in [7, 11) is 0. The molecule has 0 aromatic rings. The summed E-state index contributed by atoms with van der Waals surface area (Å²) in [6.45, 7) is 4.92. The maximum absolute atomic E-state index is 11.0. The van der Waals surface area contributed by atoms with Gasteiger partial charge in [-0.05, 0) is 19.3 Å². The molecule has 0 aliphatic rings. The first-order valence-corrected chi connectivity index (χ1v) is 5.99. The van der Waals surface area contributed by atoms with Gasteiger partial charge in [0.1, 0.15) is 0 Å². The van der Waals surface area contributed by atoms with Crippen LogP contribution in [0.25, 0.3) is 0 Å². The van der Waals surface area contributed by atoms with Gasteiger partial charge in [0.25, 0.3) is 0 Å². The highest BCUT2D eigenvalue weighted by atomic mass is 16.6. The van der Waals surface area contributed by atoms with E-state index in [0.29, 0.717) is 6.42 Å². The Morgan fingerprint density at radius 3 is 2.19 bits per heavy atom. The summed E-state index contributed by atoms with van der Waals surface area (Å²) in [6.07, 6.45) is 10.0. The number of esters is 2. The van der Waals surface area contributed by atoms with E-state index in [1.165, 1.54) is 26.2 Å². The van der Waals surface area contributed by atoms with E-state index in [4.69, 9.17) is 0 Å². The summed E-state index contributed by atoms with van der Waals surface area (Å²) in [5, 5.41) is 0. The molecule has 0 aliphatic heterocycles. The molecular formula is C13H22O3. The van der Waals surface area contributed by atoms with Gasteiger partial charge in [-0.1, -0.05) is 31.8 Å². The highest BCUT2D eigenvalue weighted by Crippen LogP contribution is 2.09. The zero-order chi connectivity index (χ0) is 12.2. The highest BCUT2D eigenvalue weighted by molar-refractivity contribution is 5.83. The molecule has 92 valence electrons. The summed E-state index contributed by atoms with van der Waals surface area (Å²) in [5.74, 6) is -0.923. The first kappa shape index (κ1) is 14.9. The Balaban J connectivity index is 3.17. The van der Waals surface area contributed by atoms with Crippen LogP contribution in [0.4, 0.5) is 0 Å². The molecule has 0 amide bonds. The maximum Gasteiger partial charge on any atom is 0.313 e. The number of carbonyl (C=O) groups is 2. The third-order valence-electron chi connectivity index (χ3n) is 2.30. The van der Waals surface area contributed by atoms with E-state index in [9.17, 15) is 9.59 Å². The van der Waals surface area contributed by atoms with Crippen LogP contribution >= 0.6 is 0 Å². The van der Waals surface area contributed by atoms with Crippen LogP contribution in [0.3, 0.4) is 0 Å². The molecule has 0 aliphatic carbocycles. The molecule has 0 atom stereocenters. The van der Waals surface area contributed by atoms with Crippen molar-refractivity contribution in [1.82, 2.24) is 0 Å². The van der Waals surface area contributed by atoms with Crippen molar-refractivity contribution in [2.75, 3.05) is 0 Å². The minimum absolute atomic E-state index is 0.353. The molecule has 0 N–H and O–H groups in total. The van der Waals surface area contributed by atoms with E-state index in [-0.39, 0.29) is 0 Å². The quantitative estimate of drug-likeness (QED) is 0.262. The van der Waals surface area contributed by atoms with Gasteiger partial charge < -0.3 is 4.74 Å². The standard InChI is InChI=1S/C13H22O3/c1-3-4-5-6-7-8-9-10-11-13(15)16-12(2)14/h3H,1,4-11H2,2H3. The Bertz CT molecular complexity index is 221. The minimum Gasteiger partial charge on any atom is -0.393 e. The number of ether oxygens (including phenoxy) is 1. The monoisotopic (exact) mass is 226 g/mol. The third-order valence-corrected chi connectivity index (χ3v) is 2.30. The molecule has 0 spiro atoms. The molecule has 0 unspecified atom stereocenters. The van der Waals surface area contributed by atoms with Gasteiger partial charge in [-0.25, -0.2) is 0 Å². The maximum atomic E-state index is 11.0.